The number of furan rings is 1. The van der Waals surface area contributed by atoms with Crippen LogP contribution in [0.15, 0.2) is 162 Å². The fourth-order valence-corrected chi connectivity index (χ4v) is 8.98. The normalized spacial score (nSPS) is 15.7. The summed E-state index contributed by atoms with van der Waals surface area (Å²) in [5.41, 5.74) is 13.1. The zero-order valence-electron chi connectivity index (χ0n) is 40.9. The number of aromatic nitrogens is 3. The molecule has 0 bridgehead atoms. The first kappa shape index (κ1) is 38.3. The van der Waals surface area contributed by atoms with Crippen LogP contribution in [0.25, 0.3) is 83.1 Å². The van der Waals surface area contributed by atoms with Crippen molar-refractivity contribution in [3.8, 4) is 39.3 Å². The van der Waals surface area contributed by atoms with Gasteiger partial charge >= 0.3 is 0 Å². The number of para-hydroxylation sites is 1. The largest absolute Gasteiger partial charge is 0.501 e. The molecule has 4 heterocycles. The summed E-state index contributed by atoms with van der Waals surface area (Å²) in [4.78, 5) is 9.39. The second kappa shape index (κ2) is 17.4. The Bertz CT molecular complexity index is 3390. The van der Waals surface area contributed by atoms with Crippen LogP contribution >= 0.6 is 0 Å². The molecule has 1 aliphatic rings. The van der Waals surface area contributed by atoms with Gasteiger partial charge in [-0.05, 0) is 113 Å². The second-order valence-corrected chi connectivity index (χ2v) is 18.7. The van der Waals surface area contributed by atoms with Crippen molar-refractivity contribution in [2.24, 2.45) is 5.41 Å². The number of aryl methyl sites for hydroxylation is 1. The van der Waals surface area contributed by atoms with E-state index < -0.39 is 12.7 Å². The second-order valence-electron chi connectivity index (χ2n) is 18.7. The minimum Gasteiger partial charge on any atom is -0.501 e. The zero-order chi connectivity index (χ0) is 46.7. The SMILES string of the molecule is CC(C)(C)c1ccc(-c2[c-]cccc2)nc1.[2H]C([2H])([2H])c1ccc2c(c1)oc1c(-c3cc4c(cn3)c3ccccc3n4-c3ccc(-c4ccc(C5([2H])CCC(C)(C)CC5)cc4)cc3)[c-]ccc12.[Ir]. The van der Waals surface area contributed by atoms with Crippen molar-refractivity contribution >= 4 is 43.7 Å². The Labute approximate surface area is 396 Å². The predicted octanol–water partition coefficient (Wildman–Crippen LogP) is 16.0. The summed E-state index contributed by atoms with van der Waals surface area (Å²) < 4.78 is 41.4. The summed E-state index contributed by atoms with van der Waals surface area (Å²) in [5, 5.41) is 3.91. The molecule has 10 aromatic rings. The molecule has 64 heavy (non-hydrogen) atoms. The smallest absolute Gasteiger partial charge is 0.121 e. The Balaban J connectivity index is 0.000000289. The van der Waals surface area contributed by atoms with Crippen LogP contribution in [0.4, 0.5) is 0 Å². The van der Waals surface area contributed by atoms with E-state index in [9.17, 15) is 1.37 Å². The predicted molar refractivity (Wildman–Crippen MR) is 262 cm³/mol. The van der Waals surface area contributed by atoms with Gasteiger partial charge in [-0.1, -0.05) is 130 Å². The molecular weight excluding hydrogens is 959 g/mol. The summed E-state index contributed by atoms with van der Waals surface area (Å²) >= 11 is 0. The summed E-state index contributed by atoms with van der Waals surface area (Å²) in [5.74, 6) is -0.501. The molecule has 321 valence electrons. The minimum absolute atomic E-state index is 0. The minimum atomic E-state index is -2.22. The molecule has 4 aromatic heterocycles. The van der Waals surface area contributed by atoms with E-state index in [2.05, 4.69) is 147 Å². The summed E-state index contributed by atoms with van der Waals surface area (Å²) in [6.07, 6.45) is 7.86. The maximum atomic E-state index is 9.18. The van der Waals surface area contributed by atoms with Gasteiger partial charge in [-0.2, -0.15) is 0 Å². The van der Waals surface area contributed by atoms with Crippen LogP contribution in [0, 0.1) is 24.4 Å². The van der Waals surface area contributed by atoms with Crippen molar-refractivity contribution < 1.29 is 30.0 Å². The van der Waals surface area contributed by atoms with Gasteiger partial charge in [0.1, 0.15) is 5.58 Å². The summed E-state index contributed by atoms with van der Waals surface area (Å²) in [6.45, 7) is 8.99. The van der Waals surface area contributed by atoms with Crippen LogP contribution in [0.5, 0.6) is 0 Å². The molecule has 1 fully saturated rings. The van der Waals surface area contributed by atoms with E-state index in [-0.39, 0.29) is 31.1 Å². The van der Waals surface area contributed by atoms with Gasteiger partial charge in [0.15, 0.2) is 0 Å². The van der Waals surface area contributed by atoms with Gasteiger partial charge in [0.05, 0.1) is 11.1 Å². The number of benzene rings is 6. The van der Waals surface area contributed by atoms with Crippen LogP contribution < -0.4 is 0 Å². The molecule has 0 spiro atoms. The van der Waals surface area contributed by atoms with Gasteiger partial charge in [-0.3, -0.25) is 0 Å². The van der Waals surface area contributed by atoms with Crippen molar-refractivity contribution in [1.29, 1.82) is 0 Å². The van der Waals surface area contributed by atoms with Gasteiger partial charge < -0.3 is 19.0 Å². The topological polar surface area (TPSA) is 43.9 Å². The monoisotopic (exact) mass is 1020 g/mol. The van der Waals surface area contributed by atoms with Gasteiger partial charge in [0.25, 0.3) is 0 Å². The zero-order valence-corrected chi connectivity index (χ0v) is 39.3. The van der Waals surface area contributed by atoms with E-state index >= 15 is 0 Å². The first-order valence-corrected chi connectivity index (χ1v) is 22.0. The van der Waals surface area contributed by atoms with Gasteiger partial charge in [-0.15, -0.1) is 54.1 Å². The Morgan fingerprint density at radius 2 is 1.42 bits per heavy atom. The van der Waals surface area contributed by atoms with E-state index in [1.54, 1.807) is 12.1 Å². The average molecular weight is 1020 g/mol. The van der Waals surface area contributed by atoms with E-state index in [0.717, 1.165) is 103 Å². The molecule has 1 saturated carbocycles. The van der Waals surface area contributed by atoms with Crippen LogP contribution in [0.3, 0.4) is 0 Å². The number of rotatable bonds is 5. The van der Waals surface area contributed by atoms with E-state index in [1.807, 2.05) is 54.9 Å². The molecule has 1 radical (unpaired) electrons. The maximum absolute atomic E-state index is 9.18. The van der Waals surface area contributed by atoms with E-state index in [1.165, 1.54) is 5.56 Å². The third-order valence-corrected chi connectivity index (χ3v) is 12.8. The van der Waals surface area contributed by atoms with Crippen LogP contribution in [-0.2, 0) is 25.5 Å². The Kier molecular flexibility index (Phi) is 10.5. The molecule has 5 heteroatoms. The molecule has 6 aromatic carbocycles. The number of fused-ring (bicyclic) bond motifs is 6. The third kappa shape index (κ3) is 8.48. The number of hydrogen-bond acceptors (Lipinski definition) is 3. The van der Waals surface area contributed by atoms with E-state index in [4.69, 9.17) is 13.5 Å². The molecule has 0 amide bonds. The Hall–Kier alpha value is -6.13. The molecule has 0 aliphatic heterocycles. The molecule has 0 saturated heterocycles. The number of nitrogens with zero attached hydrogens (tertiary/aromatic N) is 3. The van der Waals surface area contributed by atoms with Crippen LogP contribution in [0.1, 0.15) is 88.4 Å². The number of pyridine rings is 2. The first-order valence-electron chi connectivity index (χ1n) is 24.0. The summed E-state index contributed by atoms with van der Waals surface area (Å²) in [6, 6.07) is 55.3. The fraction of sp³-hybridized carbons (Fsp3) is 0.220. The molecule has 11 rings (SSSR count). The van der Waals surface area contributed by atoms with Crippen LogP contribution in [-0.4, -0.2) is 14.5 Å². The molecule has 0 atom stereocenters. The van der Waals surface area contributed by atoms with Crippen LogP contribution in [0.2, 0.25) is 0 Å². The van der Waals surface area contributed by atoms with Gasteiger partial charge in [0, 0.05) is 65.3 Å². The standard InChI is InChI=1S/C44H37N2O.C15H16N.Ir/c1-28-11-20-35-36-8-6-9-37(43(36)47-42(35)25-28)39-26-41-38(27-45-39)34-7-4-5-10-40(34)46(41)33-18-16-31(17-19-33)29-12-14-30(15-13-29)32-21-23-44(2,3)24-22-32;1-15(2,3)13-9-10-14(16-11-13)12-7-5-4-6-8-12;/h4-8,10-20,25-27,32H,21-24H2,1-3H3;4-7,9-11H,1-3H3;/q2*-1;/i1D3,32D;;. The molecule has 0 unspecified atom stereocenters. The fourth-order valence-electron chi connectivity index (χ4n) is 8.98. The molecule has 1 aliphatic carbocycles. The molecular formula is C59H53IrN3O-2. The summed E-state index contributed by atoms with van der Waals surface area (Å²) in [7, 11) is 0. The molecule has 4 nitrogen and oxygen atoms in total. The van der Waals surface area contributed by atoms with Crippen molar-refractivity contribution in [3.05, 3.63) is 187 Å². The third-order valence-electron chi connectivity index (χ3n) is 12.8. The van der Waals surface area contributed by atoms with Gasteiger partial charge in [0.2, 0.25) is 0 Å². The van der Waals surface area contributed by atoms with Gasteiger partial charge in [-0.25, -0.2) is 0 Å². The average Bonchev–Trinajstić information content (AvgIpc) is 3.88. The maximum Gasteiger partial charge on any atom is 0.121 e. The van der Waals surface area contributed by atoms with Crippen molar-refractivity contribution in [2.45, 2.75) is 78.5 Å². The molecule has 0 N–H and O–H groups in total. The number of hydrogen-bond donors (Lipinski definition) is 0. The quantitative estimate of drug-likeness (QED) is 0.161. The van der Waals surface area contributed by atoms with E-state index in [0.29, 0.717) is 16.6 Å². The van der Waals surface area contributed by atoms with Crippen molar-refractivity contribution in [3.63, 3.8) is 0 Å². The van der Waals surface area contributed by atoms with Crippen molar-refractivity contribution in [1.82, 2.24) is 14.5 Å². The first-order chi connectivity index (χ1) is 32.0. The Morgan fingerprint density at radius 3 is 2.12 bits per heavy atom. The Morgan fingerprint density at radius 1 is 0.688 bits per heavy atom. The van der Waals surface area contributed by atoms with Crippen molar-refractivity contribution in [2.75, 3.05) is 0 Å².